The summed E-state index contributed by atoms with van der Waals surface area (Å²) in [5.41, 5.74) is 1.34. The summed E-state index contributed by atoms with van der Waals surface area (Å²) >= 11 is 0. The fourth-order valence-corrected chi connectivity index (χ4v) is 3.83. The Balaban J connectivity index is 1.97. The van der Waals surface area contributed by atoms with E-state index in [1.54, 1.807) is 31.2 Å². The van der Waals surface area contributed by atoms with Crippen LogP contribution >= 0.6 is 0 Å². The summed E-state index contributed by atoms with van der Waals surface area (Å²) in [5, 5.41) is 2.69. The quantitative estimate of drug-likeness (QED) is 0.867. The molecule has 25 heavy (non-hydrogen) atoms. The number of aryl methyl sites for hydroxylation is 1. The normalized spacial score (nSPS) is 13.9. The summed E-state index contributed by atoms with van der Waals surface area (Å²) in [4.78, 5) is 12.1. The van der Waals surface area contributed by atoms with Crippen molar-refractivity contribution in [1.82, 2.24) is 5.32 Å². The van der Waals surface area contributed by atoms with Crippen LogP contribution in [0.25, 0.3) is 0 Å². The third-order valence-corrected chi connectivity index (χ3v) is 5.13. The Morgan fingerprint density at radius 3 is 2.76 bits per heavy atom. The Labute approximate surface area is 146 Å². The van der Waals surface area contributed by atoms with Crippen LogP contribution in [0.5, 0.6) is 11.5 Å². The van der Waals surface area contributed by atoms with Crippen molar-refractivity contribution in [3.05, 3.63) is 47.5 Å². The molecular weight excluding hydrogens is 344 g/mol. The molecule has 1 heterocycles. The second kappa shape index (κ2) is 6.64. The van der Waals surface area contributed by atoms with E-state index in [0.29, 0.717) is 18.9 Å². The summed E-state index contributed by atoms with van der Waals surface area (Å²) in [6, 6.07) is 9.48. The van der Waals surface area contributed by atoms with Crippen LogP contribution in [0.1, 0.15) is 15.9 Å². The molecule has 8 heteroatoms. The number of sulfonamides is 1. The van der Waals surface area contributed by atoms with Crippen molar-refractivity contribution in [3.8, 4) is 11.5 Å². The summed E-state index contributed by atoms with van der Waals surface area (Å²) in [6.45, 7) is 2.56. The maximum absolute atomic E-state index is 12.7. The first-order chi connectivity index (χ1) is 11.9. The van der Waals surface area contributed by atoms with E-state index in [1.807, 2.05) is 0 Å². The maximum atomic E-state index is 12.7. The fourth-order valence-electron chi connectivity index (χ4n) is 2.52. The van der Waals surface area contributed by atoms with Crippen LogP contribution in [0.4, 0.5) is 5.69 Å². The average molecular weight is 362 g/mol. The second-order valence-electron chi connectivity index (χ2n) is 5.58. The van der Waals surface area contributed by atoms with E-state index in [2.05, 4.69) is 10.0 Å². The van der Waals surface area contributed by atoms with Gasteiger partial charge in [0.05, 0.1) is 19.2 Å². The Kier molecular flexibility index (Phi) is 4.54. The van der Waals surface area contributed by atoms with Gasteiger partial charge in [0.1, 0.15) is 23.0 Å². The Hall–Kier alpha value is -2.74. The van der Waals surface area contributed by atoms with Crippen LogP contribution in [0.15, 0.2) is 41.3 Å². The van der Waals surface area contributed by atoms with E-state index >= 15 is 0 Å². The molecule has 0 radical (unpaired) electrons. The number of methoxy groups -OCH3 is 1. The molecule has 0 fully saturated rings. The van der Waals surface area contributed by atoms with Crippen molar-refractivity contribution in [2.45, 2.75) is 11.8 Å². The molecule has 0 aromatic heterocycles. The largest absolute Gasteiger partial charge is 0.495 e. The van der Waals surface area contributed by atoms with E-state index in [0.717, 1.165) is 5.56 Å². The van der Waals surface area contributed by atoms with Gasteiger partial charge in [-0.3, -0.25) is 9.52 Å². The standard InChI is InChI=1S/C17H18N2O5S/c1-11-3-5-15(23-2)16(9-11)25(21,22)19-12-4-6-14-13(10-12)17(20)18-7-8-24-14/h3-6,9-10,19H,7-8H2,1-2H3,(H,18,20). The number of benzene rings is 2. The number of hydrogen-bond donors (Lipinski definition) is 2. The van der Waals surface area contributed by atoms with Crippen LogP contribution in [0.3, 0.4) is 0 Å². The SMILES string of the molecule is COc1ccc(C)cc1S(=O)(=O)Nc1ccc2c(c1)C(=O)NCCO2. The van der Waals surface area contributed by atoms with Crippen molar-refractivity contribution < 1.29 is 22.7 Å². The molecule has 2 N–H and O–H groups in total. The van der Waals surface area contributed by atoms with Gasteiger partial charge in [-0.1, -0.05) is 6.07 Å². The number of ether oxygens (including phenoxy) is 2. The van der Waals surface area contributed by atoms with Crippen molar-refractivity contribution >= 4 is 21.6 Å². The lowest BCUT2D eigenvalue weighted by Gasteiger charge is -2.13. The summed E-state index contributed by atoms with van der Waals surface area (Å²) < 4.78 is 38.5. The topological polar surface area (TPSA) is 93.7 Å². The predicted molar refractivity (Wildman–Crippen MR) is 92.8 cm³/mol. The molecular formula is C17H18N2O5S. The Morgan fingerprint density at radius 1 is 1.20 bits per heavy atom. The fraction of sp³-hybridized carbons (Fsp3) is 0.235. The van der Waals surface area contributed by atoms with Crippen LogP contribution in [0, 0.1) is 6.92 Å². The second-order valence-corrected chi connectivity index (χ2v) is 7.23. The molecule has 1 amide bonds. The Morgan fingerprint density at radius 2 is 2.00 bits per heavy atom. The zero-order chi connectivity index (χ0) is 18.0. The van der Waals surface area contributed by atoms with Gasteiger partial charge in [-0.05, 0) is 42.8 Å². The zero-order valence-corrected chi connectivity index (χ0v) is 14.6. The van der Waals surface area contributed by atoms with Gasteiger partial charge in [0.25, 0.3) is 15.9 Å². The molecule has 0 saturated carbocycles. The first kappa shape index (κ1) is 17.1. The number of anilines is 1. The van der Waals surface area contributed by atoms with Gasteiger partial charge in [0.15, 0.2) is 0 Å². The van der Waals surface area contributed by atoms with E-state index in [-0.39, 0.29) is 27.8 Å². The van der Waals surface area contributed by atoms with Gasteiger partial charge in [-0.25, -0.2) is 8.42 Å². The van der Waals surface area contributed by atoms with Crippen LogP contribution in [-0.4, -0.2) is 34.6 Å². The highest BCUT2D eigenvalue weighted by atomic mass is 32.2. The minimum Gasteiger partial charge on any atom is -0.495 e. The van der Waals surface area contributed by atoms with Crippen LogP contribution in [0.2, 0.25) is 0 Å². The number of amides is 1. The molecule has 7 nitrogen and oxygen atoms in total. The van der Waals surface area contributed by atoms with Gasteiger partial charge in [0, 0.05) is 5.69 Å². The average Bonchev–Trinajstić information content (AvgIpc) is 2.76. The molecule has 0 atom stereocenters. The van der Waals surface area contributed by atoms with Gasteiger partial charge >= 0.3 is 0 Å². The minimum atomic E-state index is -3.88. The predicted octanol–water partition coefficient (Wildman–Crippen LogP) is 1.93. The van der Waals surface area contributed by atoms with Gasteiger partial charge < -0.3 is 14.8 Å². The third-order valence-electron chi connectivity index (χ3n) is 3.73. The summed E-state index contributed by atoms with van der Waals surface area (Å²) in [7, 11) is -2.47. The smallest absolute Gasteiger partial charge is 0.265 e. The lowest BCUT2D eigenvalue weighted by Crippen LogP contribution is -2.24. The molecule has 0 unspecified atom stereocenters. The molecule has 2 aromatic carbocycles. The highest BCUT2D eigenvalue weighted by Crippen LogP contribution is 2.29. The summed E-state index contributed by atoms with van der Waals surface area (Å²) in [5.74, 6) is 0.363. The zero-order valence-electron chi connectivity index (χ0n) is 13.8. The number of rotatable bonds is 4. The molecule has 0 bridgehead atoms. The molecule has 0 saturated heterocycles. The van der Waals surface area contributed by atoms with Crippen molar-refractivity contribution in [3.63, 3.8) is 0 Å². The number of hydrogen-bond acceptors (Lipinski definition) is 5. The maximum Gasteiger partial charge on any atom is 0.265 e. The first-order valence-electron chi connectivity index (χ1n) is 7.63. The molecule has 3 rings (SSSR count). The number of fused-ring (bicyclic) bond motifs is 1. The number of nitrogens with one attached hydrogen (secondary N) is 2. The van der Waals surface area contributed by atoms with Crippen molar-refractivity contribution in [2.24, 2.45) is 0 Å². The minimum absolute atomic E-state index is 0.0330. The van der Waals surface area contributed by atoms with Gasteiger partial charge in [-0.15, -0.1) is 0 Å². The highest BCUT2D eigenvalue weighted by molar-refractivity contribution is 7.92. The Bertz CT molecular complexity index is 925. The summed E-state index contributed by atoms with van der Waals surface area (Å²) in [6.07, 6.45) is 0. The van der Waals surface area contributed by atoms with E-state index in [9.17, 15) is 13.2 Å². The first-order valence-corrected chi connectivity index (χ1v) is 9.11. The molecule has 132 valence electrons. The number of carbonyl (C=O) groups is 1. The molecule has 1 aliphatic heterocycles. The number of carbonyl (C=O) groups excluding carboxylic acids is 1. The third kappa shape index (κ3) is 3.53. The monoisotopic (exact) mass is 362 g/mol. The lowest BCUT2D eigenvalue weighted by atomic mass is 10.1. The molecule has 0 spiro atoms. The lowest BCUT2D eigenvalue weighted by molar-refractivity contribution is 0.0957. The van der Waals surface area contributed by atoms with Crippen LogP contribution in [-0.2, 0) is 10.0 Å². The van der Waals surface area contributed by atoms with E-state index < -0.39 is 10.0 Å². The highest BCUT2D eigenvalue weighted by Gasteiger charge is 2.22. The van der Waals surface area contributed by atoms with Gasteiger partial charge in [0.2, 0.25) is 0 Å². The van der Waals surface area contributed by atoms with E-state index in [4.69, 9.17) is 9.47 Å². The molecule has 2 aromatic rings. The van der Waals surface area contributed by atoms with Crippen LogP contribution < -0.4 is 19.5 Å². The van der Waals surface area contributed by atoms with Gasteiger partial charge in [-0.2, -0.15) is 0 Å². The van der Waals surface area contributed by atoms with E-state index in [1.165, 1.54) is 19.2 Å². The molecule has 1 aliphatic rings. The van der Waals surface area contributed by atoms with Crippen molar-refractivity contribution in [2.75, 3.05) is 25.0 Å². The van der Waals surface area contributed by atoms with Crippen molar-refractivity contribution in [1.29, 1.82) is 0 Å². The molecule has 0 aliphatic carbocycles.